The molecule has 8 heteroatoms. The third kappa shape index (κ3) is 4.24. The van der Waals surface area contributed by atoms with Crippen LogP contribution >= 0.6 is 0 Å². The van der Waals surface area contributed by atoms with E-state index in [0.717, 1.165) is 12.1 Å². The fourth-order valence-electron chi connectivity index (χ4n) is 2.45. The van der Waals surface area contributed by atoms with Crippen LogP contribution in [-0.2, 0) is 16.1 Å². The van der Waals surface area contributed by atoms with Crippen LogP contribution in [0.15, 0.2) is 36.8 Å². The average molecular weight is 330 g/mol. The van der Waals surface area contributed by atoms with Crippen molar-refractivity contribution in [1.82, 2.24) is 15.0 Å². The van der Waals surface area contributed by atoms with Gasteiger partial charge in [0.2, 0.25) is 0 Å². The Balaban J connectivity index is 1.64. The Hall–Kier alpha value is -2.58. The van der Waals surface area contributed by atoms with E-state index in [1.54, 1.807) is 6.20 Å². The van der Waals surface area contributed by atoms with E-state index in [0.29, 0.717) is 25.6 Å². The van der Waals surface area contributed by atoms with Crippen LogP contribution in [0.5, 0.6) is 0 Å². The van der Waals surface area contributed by atoms with Crippen LogP contribution in [0, 0.1) is 0 Å². The predicted molar refractivity (Wildman–Crippen MR) is 84.7 cm³/mol. The highest BCUT2D eigenvalue weighted by Crippen LogP contribution is 2.17. The predicted octanol–water partition coefficient (Wildman–Crippen LogP) is 1.36. The van der Waals surface area contributed by atoms with E-state index in [4.69, 9.17) is 14.6 Å². The minimum atomic E-state index is -1.11. The van der Waals surface area contributed by atoms with Crippen molar-refractivity contribution in [2.45, 2.75) is 25.2 Å². The Bertz CT molecular complexity index is 683. The molecule has 24 heavy (non-hydrogen) atoms. The maximum absolute atomic E-state index is 11.0. The number of nitrogens with zero attached hydrogens (tertiary/aromatic N) is 3. The Morgan fingerprint density at radius 2 is 2.33 bits per heavy atom. The molecular formula is C16H18N4O4. The lowest BCUT2D eigenvalue weighted by atomic mass is 10.1. The number of carboxylic acid groups (broad SMARTS) is 1. The lowest BCUT2D eigenvalue weighted by Gasteiger charge is -2.32. The molecule has 0 unspecified atom stereocenters. The number of aromatic carboxylic acids is 1. The van der Waals surface area contributed by atoms with Crippen molar-refractivity contribution in [2.75, 3.05) is 18.5 Å². The van der Waals surface area contributed by atoms with Crippen LogP contribution in [0.3, 0.4) is 0 Å². The van der Waals surface area contributed by atoms with Crippen LogP contribution in [0.2, 0.25) is 0 Å². The topological polar surface area (TPSA) is 106 Å². The monoisotopic (exact) mass is 330 g/mol. The second kappa shape index (κ2) is 7.80. The second-order valence-electron chi connectivity index (χ2n) is 5.38. The van der Waals surface area contributed by atoms with Gasteiger partial charge in [0.05, 0.1) is 37.3 Å². The van der Waals surface area contributed by atoms with E-state index in [1.807, 2.05) is 18.2 Å². The Labute approximate surface area is 138 Å². The van der Waals surface area contributed by atoms with Crippen molar-refractivity contribution in [2.24, 2.45) is 0 Å². The lowest BCUT2D eigenvalue weighted by molar-refractivity contribution is -0.0645. The molecule has 1 saturated heterocycles. The SMILES string of the molecule is O=C(O)c1cncc(N[C@@H]2CCOC[C@H]2OCc2ccccn2)n1. The molecule has 0 amide bonds. The zero-order valence-corrected chi connectivity index (χ0v) is 13.0. The summed E-state index contributed by atoms with van der Waals surface area (Å²) in [4.78, 5) is 23.2. The number of hydrogen-bond acceptors (Lipinski definition) is 7. The van der Waals surface area contributed by atoms with Gasteiger partial charge in [-0.15, -0.1) is 0 Å². The first-order valence-corrected chi connectivity index (χ1v) is 7.63. The van der Waals surface area contributed by atoms with Crippen LogP contribution < -0.4 is 5.32 Å². The van der Waals surface area contributed by atoms with E-state index in [2.05, 4.69) is 20.3 Å². The van der Waals surface area contributed by atoms with Crippen LogP contribution in [0.25, 0.3) is 0 Å². The lowest BCUT2D eigenvalue weighted by Crippen LogP contribution is -2.44. The van der Waals surface area contributed by atoms with Gasteiger partial charge in [-0.2, -0.15) is 0 Å². The molecule has 0 aliphatic carbocycles. The third-order valence-electron chi connectivity index (χ3n) is 3.66. The van der Waals surface area contributed by atoms with E-state index in [-0.39, 0.29) is 17.8 Å². The number of carbonyl (C=O) groups is 1. The van der Waals surface area contributed by atoms with Gasteiger partial charge in [0.25, 0.3) is 0 Å². The summed E-state index contributed by atoms with van der Waals surface area (Å²) < 4.78 is 11.4. The van der Waals surface area contributed by atoms with Crippen molar-refractivity contribution in [3.05, 3.63) is 48.2 Å². The highest BCUT2D eigenvalue weighted by molar-refractivity contribution is 5.85. The molecule has 2 aromatic heterocycles. The molecule has 2 N–H and O–H groups in total. The van der Waals surface area contributed by atoms with E-state index >= 15 is 0 Å². The highest BCUT2D eigenvalue weighted by Gasteiger charge is 2.27. The standard InChI is InChI=1S/C16H18N4O4/c21-16(22)13-7-17-8-15(20-13)19-12-4-6-23-10-14(12)24-9-11-3-1-2-5-18-11/h1-3,5,7-8,12,14H,4,6,9-10H2,(H,19,20)(H,21,22)/t12-,14-/m1/s1. The zero-order chi connectivity index (χ0) is 16.8. The summed E-state index contributed by atoms with van der Waals surface area (Å²) in [5.41, 5.74) is 0.743. The number of hydrogen-bond donors (Lipinski definition) is 2. The first-order chi connectivity index (χ1) is 11.7. The molecule has 1 aliphatic rings. The van der Waals surface area contributed by atoms with Crippen molar-refractivity contribution in [3.8, 4) is 0 Å². The van der Waals surface area contributed by atoms with E-state index in [9.17, 15) is 4.79 Å². The highest BCUT2D eigenvalue weighted by atomic mass is 16.5. The molecular weight excluding hydrogens is 312 g/mol. The Kier molecular flexibility index (Phi) is 5.29. The van der Waals surface area contributed by atoms with Crippen molar-refractivity contribution >= 4 is 11.8 Å². The summed E-state index contributed by atoms with van der Waals surface area (Å²) in [6, 6.07) is 5.62. The van der Waals surface area contributed by atoms with Gasteiger partial charge in [0, 0.05) is 12.8 Å². The van der Waals surface area contributed by atoms with Gasteiger partial charge < -0.3 is 19.9 Å². The average Bonchev–Trinajstić information content (AvgIpc) is 2.62. The van der Waals surface area contributed by atoms with E-state index in [1.165, 1.54) is 12.4 Å². The molecule has 126 valence electrons. The van der Waals surface area contributed by atoms with Crippen LogP contribution in [-0.4, -0.2) is 51.4 Å². The second-order valence-corrected chi connectivity index (χ2v) is 5.38. The fourth-order valence-corrected chi connectivity index (χ4v) is 2.45. The summed E-state index contributed by atoms with van der Waals surface area (Å²) in [5.74, 6) is -0.700. The van der Waals surface area contributed by atoms with Gasteiger partial charge in [-0.3, -0.25) is 9.97 Å². The Morgan fingerprint density at radius 3 is 3.12 bits per heavy atom. The van der Waals surface area contributed by atoms with Gasteiger partial charge in [0.15, 0.2) is 5.69 Å². The number of anilines is 1. The smallest absolute Gasteiger partial charge is 0.356 e. The number of ether oxygens (including phenoxy) is 2. The molecule has 0 spiro atoms. The first kappa shape index (κ1) is 16.3. The molecule has 3 heterocycles. The molecule has 8 nitrogen and oxygen atoms in total. The maximum Gasteiger partial charge on any atom is 0.356 e. The molecule has 0 radical (unpaired) electrons. The quantitative estimate of drug-likeness (QED) is 0.817. The number of nitrogens with one attached hydrogen (secondary N) is 1. The molecule has 0 bridgehead atoms. The molecule has 2 aromatic rings. The van der Waals surface area contributed by atoms with Crippen molar-refractivity contribution < 1.29 is 19.4 Å². The summed E-state index contributed by atoms with van der Waals surface area (Å²) in [6.07, 6.45) is 4.98. The molecule has 2 atom stereocenters. The minimum absolute atomic E-state index is 0.0409. The normalized spacial score (nSPS) is 20.5. The van der Waals surface area contributed by atoms with Gasteiger partial charge >= 0.3 is 5.97 Å². The molecule has 0 aromatic carbocycles. The first-order valence-electron chi connectivity index (χ1n) is 7.63. The summed E-state index contributed by atoms with van der Waals surface area (Å²) in [6.45, 7) is 1.44. The molecule has 3 rings (SSSR count). The zero-order valence-electron chi connectivity index (χ0n) is 13.0. The third-order valence-corrected chi connectivity index (χ3v) is 3.66. The van der Waals surface area contributed by atoms with Crippen molar-refractivity contribution in [3.63, 3.8) is 0 Å². The van der Waals surface area contributed by atoms with Gasteiger partial charge in [-0.25, -0.2) is 9.78 Å². The minimum Gasteiger partial charge on any atom is -0.476 e. The number of pyridine rings is 1. The van der Waals surface area contributed by atoms with Crippen molar-refractivity contribution in [1.29, 1.82) is 0 Å². The van der Waals surface area contributed by atoms with Gasteiger partial charge in [0.1, 0.15) is 11.9 Å². The van der Waals surface area contributed by atoms with Gasteiger partial charge in [-0.1, -0.05) is 6.07 Å². The van der Waals surface area contributed by atoms with Crippen LogP contribution in [0.1, 0.15) is 22.6 Å². The Morgan fingerprint density at radius 1 is 1.42 bits per heavy atom. The largest absolute Gasteiger partial charge is 0.476 e. The number of carboxylic acids is 1. The number of rotatable bonds is 6. The number of aromatic nitrogens is 3. The van der Waals surface area contributed by atoms with Gasteiger partial charge in [-0.05, 0) is 18.6 Å². The summed E-state index contributed by atoms with van der Waals surface area (Å²) in [7, 11) is 0. The molecule has 1 fully saturated rings. The fraction of sp³-hybridized carbons (Fsp3) is 0.375. The summed E-state index contributed by atoms with van der Waals surface area (Å²) in [5, 5.41) is 12.2. The molecule has 1 aliphatic heterocycles. The molecule has 0 saturated carbocycles. The summed E-state index contributed by atoms with van der Waals surface area (Å²) >= 11 is 0. The van der Waals surface area contributed by atoms with E-state index < -0.39 is 5.97 Å². The van der Waals surface area contributed by atoms with Crippen LogP contribution in [0.4, 0.5) is 5.82 Å². The maximum atomic E-state index is 11.0.